The van der Waals surface area contributed by atoms with E-state index in [1.54, 1.807) is 17.4 Å². The standard InChI is InChI=1S/C9H8BrNOS/c10-4-7-9(11)8-5(12)2-1-3-6(8)13-7/h1-3,12H,4,11H2. The fraction of sp³-hybridized carbons (Fsp3) is 0.111. The molecular formula is C9H8BrNOS. The molecule has 13 heavy (non-hydrogen) atoms. The first-order valence-electron chi connectivity index (χ1n) is 3.79. The highest BCUT2D eigenvalue weighted by atomic mass is 79.9. The van der Waals surface area contributed by atoms with Crippen LogP contribution in [0.15, 0.2) is 18.2 Å². The molecule has 2 rings (SSSR count). The predicted molar refractivity (Wildman–Crippen MR) is 60.5 cm³/mol. The molecule has 0 bridgehead atoms. The van der Waals surface area contributed by atoms with Gasteiger partial charge in [-0.3, -0.25) is 0 Å². The van der Waals surface area contributed by atoms with E-state index in [0.29, 0.717) is 5.69 Å². The molecule has 68 valence electrons. The first kappa shape index (κ1) is 8.84. The molecule has 4 heteroatoms. The van der Waals surface area contributed by atoms with Gasteiger partial charge in [0.1, 0.15) is 5.75 Å². The van der Waals surface area contributed by atoms with E-state index in [-0.39, 0.29) is 5.75 Å². The number of hydrogen-bond donors (Lipinski definition) is 2. The van der Waals surface area contributed by atoms with Crippen LogP contribution in [-0.2, 0) is 5.33 Å². The Morgan fingerprint density at radius 2 is 2.23 bits per heavy atom. The van der Waals surface area contributed by atoms with E-state index in [1.807, 2.05) is 12.1 Å². The highest BCUT2D eigenvalue weighted by Crippen LogP contribution is 2.39. The highest BCUT2D eigenvalue weighted by Gasteiger charge is 2.10. The molecule has 0 unspecified atom stereocenters. The van der Waals surface area contributed by atoms with Gasteiger partial charge in [0.15, 0.2) is 0 Å². The number of benzene rings is 1. The van der Waals surface area contributed by atoms with Gasteiger partial charge in [-0.1, -0.05) is 22.0 Å². The van der Waals surface area contributed by atoms with Crippen LogP contribution in [0.5, 0.6) is 5.75 Å². The normalized spacial score (nSPS) is 10.8. The molecule has 1 heterocycles. The molecule has 0 aliphatic carbocycles. The van der Waals surface area contributed by atoms with Gasteiger partial charge in [0.05, 0.1) is 11.1 Å². The van der Waals surface area contributed by atoms with Crippen molar-refractivity contribution in [3.63, 3.8) is 0 Å². The summed E-state index contributed by atoms with van der Waals surface area (Å²) in [5.41, 5.74) is 6.56. The van der Waals surface area contributed by atoms with E-state index in [9.17, 15) is 5.11 Å². The maximum Gasteiger partial charge on any atom is 0.126 e. The van der Waals surface area contributed by atoms with Crippen molar-refractivity contribution < 1.29 is 5.11 Å². The second-order valence-corrected chi connectivity index (χ2v) is 4.42. The molecule has 0 fully saturated rings. The number of rotatable bonds is 1. The first-order chi connectivity index (χ1) is 6.24. The maximum atomic E-state index is 9.57. The Hall–Kier alpha value is -0.740. The smallest absolute Gasteiger partial charge is 0.126 e. The number of aromatic hydroxyl groups is 1. The lowest BCUT2D eigenvalue weighted by Crippen LogP contribution is -1.85. The van der Waals surface area contributed by atoms with Crippen molar-refractivity contribution >= 4 is 43.0 Å². The summed E-state index contributed by atoms with van der Waals surface area (Å²) in [7, 11) is 0. The third-order valence-corrected chi connectivity index (χ3v) is 4.03. The number of anilines is 1. The fourth-order valence-corrected chi connectivity index (χ4v) is 2.94. The molecule has 1 aromatic carbocycles. The van der Waals surface area contributed by atoms with E-state index in [1.165, 1.54) is 0 Å². The molecule has 0 atom stereocenters. The minimum Gasteiger partial charge on any atom is -0.507 e. The summed E-state index contributed by atoms with van der Waals surface area (Å²) in [6.45, 7) is 0. The summed E-state index contributed by atoms with van der Waals surface area (Å²) in [6, 6.07) is 5.44. The highest BCUT2D eigenvalue weighted by molar-refractivity contribution is 9.08. The molecule has 2 aromatic rings. The van der Waals surface area contributed by atoms with Crippen molar-refractivity contribution in [2.45, 2.75) is 5.33 Å². The second kappa shape index (κ2) is 3.20. The lowest BCUT2D eigenvalue weighted by Gasteiger charge is -1.95. The van der Waals surface area contributed by atoms with Crippen LogP contribution in [0.25, 0.3) is 10.1 Å². The average molecular weight is 258 g/mol. The molecule has 2 nitrogen and oxygen atoms in total. The van der Waals surface area contributed by atoms with Crippen molar-refractivity contribution in [3.05, 3.63) is 23.1 Å². The molecule has 0 spiro atoms. The maximum absolute atomic E-state index is 9.57. The third-order valence-electron chi connectivity index (χ3n) is 1.93. The van der Waals surface area contributed by atoms with Crippen LogP contribution < -0.4 is 5.73 Å². The number of nitrogens with two attached hydrogens (primary N) is 1. The molecule has 3 N–H and O–H groups in total. The number of phenolic OH excluding ortho intramolecular Hbond substituents is 1. The summed E-state index contributed by atoms with van der Waals surface area (Å²) in [5, 5.41) is 11.1. The van der Waals surface area contributed by atoms with Gasteiger partial charge < -0.3 is 10.8 Å². The van der Waals surface area contributed by atoms with Gasteiger partial charge in [0, 0.05) is 14.9 Å². The van der Waals surface area contributed by atoms with Crippen molar-refractivity contribution in [2.24, 2.45) is 0 Å². The summed E-state index contributed by atoms with van der Waals surface area (Å²) >= 11 is 4.97. The summed E-state index contributed by atoms with van der Waals surface area (Å²) in [5.74, 6) is 0.262. The number of thiophene rings is 1. The van der Waals surface area contributed by atoms with Crippen LogP contribution >= 0.6 is 27.3 Å². The van der Waals surface area contributed by atoms with Crippen molar-refractivity contribution in [2.75, 3.05) is 5.73 Å². The van der Waals surface area contributed by atoms with Gasteiger partial charge in [0.25, 0.3) is 0 Å². The largest absolute Gasteiger partial charge is 0.507 e. The van der Waals surface area contributed by atoms with Crippen LogP contribution in [-0.4, -0.2) is 5.11 Å². The van der Waals surface area contributed by atoms with Crippen LogP contribution in [0.2, 0.25) is 0 Å². The van der Waals surface area contributed by atoms with Crippen LogP contribution in [0.3, 0.4) is 0 Å². The molecule has 1 aromatic heterocycles. The third kappa shape index (κ3) is 1.30. The molecule has 0 saturated carbocycles. The van der Waals surface area contributed by atoms with Crippen molar-refractivity contribution in [1.29, 1.82) is 0 Å². The van der Waals surface area contributed by atoms with Crippen LogP contribution in [0.1, 0.15) is 4.88 Å². The van der Waals surface area contributed by atoms with Gasteiger partial charge in [0.2, 0.25) is 0 Å². The Labute approximate surface area is 88.1 Å². The van der Waals surface area contributed by atoms with Gasteiger partial charge in [-0.05, 0) is 12.1 Å². The van der Waals surface area contributed by atoms with Gasteiger partial charge in [-0.2, -0.15) is 0 Å². The van der Waals surface area contributed by atoms with Crippen LogP contribution in [0, 0.1) is 0 Å². The Kier molecular flexibility index (Phi) is 2.17. The number of alkyl halides is 1. The summed E-state index contributed by atoms with van der Waals surface area (Å²) < 4.78 is 1.03. The molecule has 0 radical (unpaired) electrons. The Bertz CT molecular complexity index is 452. The first-order valence-corrected chi connectivity index (χ1v) is 5.72. The summed E-state index contributed by atoms with van der Waals surface area (Å²) in [4.78, 5) is 1.07. The summed E-state index contributed by atoms with van der Waals surface area (Å²) in [6.07, 6.45) is 0. The molecule has 0 aliphatic rings. The SMILES string of the molecule is Nc1c(CBr)sc2cccc(O)c12. The lowest BCUT2D eigenvalue weighted by molar-refractivity contribution is 0.482. The minimum atomic E-state index is 0.262. The second-order valence-electron chi connectivity index (χ2n) is 2.72. The zero-order chi connectivity index (χ0) is 9.42. The molecule has 0 aliphatic heterocycles. The lowest BCUT2D eigenvalue weighted by atomic mass is 10.2. The molecule has 0 saturated heterocycles. The van der Waals surface area contributed by atoms with E-state index in [0.717, 1.165) is 20.3 Å². The van der Waals surface area contributed by atoms with Crippen molar-refractivity contribution in [3.8, 4) is 5.75 Å². The topological polar surface area (TPSA) is 46.2 Å². The number of nitrogen functional groups attached to an aromatic ring is 1. The Morgan fingerprint density at radius 1 is 1.46 bits per heavy atom. The van der Waals surface area contributed by atoms with E-state index in [4.69, 9.17) is 5.73 Å². The van der Waals surface area contributed by atoms with Crippen LogP contribution in [0.4, 0.5) is 5.69 Å². The monoisotopic (exact) mass is 257 g/mol. The molecular weight excluding hydrogens is 250 g/mol. The van der Waals surface area contributed by atoms with E-state index < -0.39 is 0 Å². The number of halogens is 1. The Morgan fingerprint density at radius 3 is 2.85 bits per heavy atom. The van der Waals surface area contributed by atoms with Crippen molar-refractivity contribution in [1.82, 2.24) is 0 Å². The quantitative estimate of drug-likeness (QED) is 0.772. The zero-order valence-corrected chi connectivity index (χ0v) is 9.15. The van der Waals surface area contributed by atoms with E-state index in [2.05, 4.69) is 15.9 Å². The Balaban J connectivity index is 2.85. The minimum absolute atomic E-state index is 0.262. The van der Waals surface area contributed by atoms with Gasteiger partial charge >= 0.3 is 0 Å². The van der Waals surface area contributed by atoms with Gasteiger partial charge in [-0.15, -0.1) is 11.3 Å². The zero-order valence-electron chi connectivity index (χ0n) is 6.75. The number of hydrogen-bond acceptors (Lipinski definition) is 3. The fourth-order valence-electron chi connectivity index (χ4n) is 1.30. The average Bonchev–Trinajstić information content (AvgIpc) is 2.44. The van der Waals surface area contributed by atoms with E-state index >= 15 is 0 Å². The number of fused-ring (bicyclic) bond motifs is 1. The predicted octanol–water partition coefficient (Wildman–Crippen LogP) is 3.08. The number of phenols is 1. The van der Waals surface area contributed by atoms with Gasteiger partial charge in [-0.25, -0.2) is 0 Å². The molecule has 0 amide bonds.